The third-order valence-electron chi connectivity index (χ3n) is 1.79. The molecule has 3 nitrogen and oxygen atoms in total. The molecule has 1 heterocycles. The minimum Gasteiger partial charge on any atom is -0.507 e. The molecule has 0 unspecified atom stereocenters. The van der Waals surface area contributed by atoms with E-state index in [1.807, 2.05) is 6.07 Å². The van der Waals surface area contributed by atoms with Crippen LogP contribution in [0.2, 0.25) is 5.15 Å². The van der Waals surface area contributed by atoms with E-state index < -0.39 is 0 Å². The van der Waals surface area contributed by atoms with E-state index in [9.17, 15) is 5.11 Å². The zero-order valence-corrected chi connectivity index (χ0v) is 7.42. The Morgan fingerprint density at radius 1 is 1.23 bits per heavy atom. The molecule has 1 aromatic carbocycles. The number of nitrogens with one attached hydrogen (secondary N) is 1. The number of rotatable bonds is 1. The molecule has 1 aromatic heterocycles. The normalized spacial score (nSPS) is 10.2. The SMILES string of the molecule is Oc1ccccc1-c1cn[nH]c1Cl. The Labute approximate surface area is 80.0 Å². The number of aromatic hydroxyl groups is 1. The van der Waals surface area contributed by atoms with Gasteiger partial charge in [-0.1, -0.05) is 29.8 Å². The molecule has 0 aliphatic rings. The molecule has 0 bridgehead atoms. The van der Waals surface area contributed by atoms with Crippen LogP contribution in [0.1, 0.15) is 0 Å². The lowest BCUT2D eigenvalue weighted by atomic mass is 10.1. The topological polar surface area (TPSA) is 48.9 Å². The molecule has 4 heteroatoms. The zero-order chi connectivity index (χ0) is 9.26. The number of phenols is 1. The Hall–Kier alpha value is -1.48. The van der Waals surface area contributed by atoms with Crippen LogP contribution in [0.4, 0.5) is 0 Å². The largest absolute Gasteiger partial charge is 0.507 e. The monoisotopic (exact) mass is 194 g/mol. The molecular formula is C9H7ClN2O. The fourth-order valence-electron chi connectivity index (χ4n) is 1.16. The number of halogens is 1. The van der Waals surface area contributed by atoms with Crippen molar-refractivity contribution in [3.8, 4) is 16.9 Å². The molecular weight excluding hydrogens is 188 g/mol. The second-order valence-corrected chi connectivity index (χ2v) is 2.99. The minimum absolute atomic E-state index is 0.200. The van der Waals surface area contributed by atoms with Gasteiger partial charge in [-0.2, -0.15) is 5.10 Å². The van der Waals surface area contributed by atoms with Gasteiger partial charge in [0.1, 0.15) is 10.9 Å². The summed E-state index contributed by atoms with van der Waals surface area (Å²) in [6, 6.07) is 6.98. The van der Waals surface area contributed by atoms with E-state index in [0.29, 0.717) is 16.3 Å². The third kappa shape index (κ3) is 1.38. The Morgan fingerprint density at radius 2 is 2.00 bits per heavy atom. The first-order valence-electron chi connectivity index (χ1n) is 3.76. The van der Waals surface area contributed by atoms with E-state index in [-0.39, 0.29) is 5.75 Å². The summed E-state index contributed by atoms with van der Waals surface area (Å²) in [5.74, 6) is 0.200. The van der Waals surface area contributed by atoms with Crippen molar-refractivity contribution in [1.82, 2.24) is 10.2 Å². The molecule has 0 aliphatic carbocycles. The van der Waals surface area contributed by atoms with E-state index in [0.717, 1.165) is 0 Å². The number of para-hydroxylation sites is 1. The van der Waals surface area contributed by atoms with Crippen LogP contribution in [-0.2, 0) is 0 Å². The summed E-state index contributed by atoms with van der Waals surface area (Å²) < 4.78 is 0. The lowest BCUT2D eigenvalue weighted by Crippen LogP contribution is -1.75. The van der Waals surface area contributed by atoms with Crippen LogP contribution in [0.3, 0.4) is 0 Å². The predicted molar refractivity (Wildman–Crippen MR) is 50.7 cm³/mol. The Kier molecular flexibility index (Phi) is 1.94. The van der Waals surface area contributed by atoms with Crippen LogP contribution in [-0.4, -0.2) is 15.3 Å². The van der Waals surface area contributed by atoms with Gasteiger partial charge in [-0.3, -0.25) is 5.10 Å². The van der Waals surface area contributed by atoms with E-state index in [2.05, 4.69) is 10.2 Å². The van der Waals surface area contributed by atoms with Gasteiger partial charge in [-0.15, -0.1) is 0 Å². The van der Waals surface area contributed by atoms with Gasteiger partial charge in [-0.05, 0) is 6.07 Å². The summed E-state index contributed by atoms with van der Waals surface area (Å²) in [7, 11) is 0. The van der Waals surface area contributed by atoms with E-state index in [1.165, 1.54) is 0 Å². The van der Waals surface area contributed by atoms with Gasteiger partial charge in [0.2, 0.25) is 0 Å². The summed E-state index contributed by atoms with van der Waals surface area (Å²) >= 11 is 5.82. The van der Waals surface area contributed by atoms with E-state index in [4.69, 9.17) is 11.6 Å². The molecule has 13 heavy (non-hydrogen) atoms. The first-order chi connectivity index (χ1) is 6.29. The summed E-state index contributed by atoms with van der Waals surface area (Å²) in [6.45, 7) is 0. The fourth-order valence-corrected chi connectivity index (χ4v) is 1.36. The highest BCUT2D eigenvalue weighted by atomic mass is 35.5. The van der Waals surface area contributed by atoms with Crippen molar-refractivity contribution in [3.63, 3.8) is 0 Å². The van der Waals surface area contributed by atoms with Crippen molar-refractivity contribution in [2.24, 2.45) is 0 Å². The average Bonchev–Trinajstić information content (AvgIpc) is 2.52. The fraction of sp³-hybridized carbons (Fsp3) is 0. The highest BCUT2D eigenvalue weighted by Gasteiger charge is 2.08. The summed E-state index contributed by atoms with van der Waals surface area (Å²) in [5.41, 5.74) is 1.39. The maximum absolute atomic E-state index is 9.51. The quantitative estimate of drug-likeness (QED) is 0.733. The van der Waals surface area contributed by atoms with Crippen LogP contribution in [0.15, 0.2) is 30.5 Å². The van der Waals surface area contributed by atoms with Gasteiger partial charge in [0.15, 0.2) is 0 Å². The van der Waals surface area contributed by atoms with Gasteiger partial charge in [-0.25, -0.2) is 0 Å². The predicted octanol–water partition coefficient (Wildman–Crippen LogP) is 2.44. The van der Waals surface area contributed by atoms with Crippen molar-refractivity contribution in [2.45, 2.75) is 0 Å². The summed E-state index contributed by atoms with van der Waals surface area (Å²) in [5, 5.41) is 16.3. The maximum Gasteiger partial charge on any atom is 0.132 e. The molecule has 0 fully saturated rings. The average molecular weight is 195 g/mol. The molecule has 0 saturated heterocycles. The first-order valence-corrected chi connectivity index (χ1v) is 4.14. The number of nitrogens with zero attached hydrogens (tertiary/aromatic N) is 1. The highest BCUT2D eigenvalue weighted by molar-refractivity contribution is 6.32. The minimum atomic E-state index is 0.200. The second-order valence-electron chi connectivity index (χ2n) is 2.61. The zero-order valence-electron chi connectivity index (χ0n) is 6.66. The number of aromatic nitrogens is 2. The van der Waals surface area contributed by atoms with Crippen LogP contribution < -0.4 is 0 Å². The van der Waals surface area contributed by atoms with Gasteiger partial charge >= 0.3 is 0 Å². The highest BCUT2D eigenvalue weighted by Crippen LogP contribution is 2.32. The smallest absolute Gasteiger partial charge is 0.132 e. The summed E-state index contributed by atoms with van der Waals surface area (Å²) in [6.07, 6.45) is 1.58. The van der Waals surface area contributed by atoms with Crippen LogP contribution in [0, 0.1) is 0 Å². The van der Waals surface area contributed by atoms with Gasteiger partial charge in [0.25, 0.3) is 0 Å². The lowest BCUT2D eigenvalue weighted by Gasteiger charge is -2.00. The van der Waals surface area contributed by atoms with E-state index in [1.54, 1.807) is 24.4 Å². The van der Waals surface area contributed by atoms with Crippen LogP contribution in [0.25, 0.3) is 11.1 Å². The van der Waals surface area contributed by atoms with Crippen molar-refractivity contribution in [1.29, 1.82) is 0 Å². The number of aromatic amines is 1. The molecule has 0 aliphatic heterocycles. The lowest BCUT2D eigenvalue weighted by molar-refractivity contribution is 0.477. The van der Waals surface area contributed by atoms with Crippen molar-refractivity contribution < 1.29 is 5.11 Å². The van der Waals surface area contributed by atoms with Crippen LogP contribution >= 0.6 is 11.6 Å². The van der Waals surface area contributed by atoms with E-state index >= 15 is 0 Å². The summed E-state index contributed by atoms with van der Waals surface area (Å²) in [4.78, 5) is 0. The second kappa shape index (κ2) is 3.11. The number of hydrogen-bond acceptors (Lipinski definition) is 2. The Morgan fingerprint density at radius 3 is 2.62 bits per heavy atom. The first kappa shape index (κ1) is 8.13. The van der Waals surface area contributed by atoms with Crippen molar-refractivity contribution in [3.05, 3.63) is 35.6 Å². The van der Waals surface area contributed by atoms with Gasteiger partial charge < -0.3 is 5.11 Å². The van der Waals surface area contributed by atoms with Gasteiger partial charge in [0, 0.05) is 11.1 Å². The number of H-pyrrole nitrogens is 1. The number of phenolic OH excluding ortho intramolecular Hbond substituents is 1. The molecule has 0 saturated carbocycles. The standard InChI is InChI=1S/C9H7ClN2O/c10-9-7(5-11-12-9)6-3-1-2-4-8(6)13/h1-5,13H,(H,11,12). The Bertz CT molecular complexity index is 425. The molecule has 2 rings (SSSR count). The molecule has 2 N–H and O–H groups in total. The molecule has 2 aromatic rings. The third-order valence-corrected chi connectivity index (χ3v) is 2.08. The van der Waals surface area contributed by atoms with Crippen molar-refractivity contribution in [2.75, 3.05) is 0 Å². The maximum atomic E-state index is 9.51. The molecule has 0 radical (unpaired) electrons. The molecule has 0 spiro atoms. The number of hydrogen-bond donors (Lipinski definition) is 2. The van der Waals surface area contributed by atoms with Crippen molar-refractivity contribution >= 4 is 11.6 Å². The molecule has 0 atom stereocenters. The number of benzene rings is 1. The van der Waals surface area contributed by atoms with Crippen LogP contribution in [0.5, 0.6) is 5.75 Å². The Balaban J connectivity index is 2.59. The van der Waals surface area contributed by atoms with Gasteiger partial charge in [0.05, 0.1) is 6.20 Å². The molecule has 66 valence electrons. The molecule has 0 amide bonds.